The van der Waals surface area contributed by atoms with Gasteiger partial charge in [0.2, 0.25) is 5.91 Å². The number of anilines is 1. The number of carbonyl (C=O) groups excluding carboxylic acids is 1. The molecular weight excluding hydrogens is 246 g/mol. The first-order valence-electron chi connectivity index (χ1n) is 6.71. The second-order valence-corrected chi connectivity index (χ2v) is 5.11. The third-order valence-electron chi connectivity index (χ3n) is 3.15. The number of unbranched alkanes of at least 4 members (excludes halogenated alkanes) is 1. The summed E-state index contributed by atoms with van der Waals surface area (Å²) < 4.78 is 0. The molecule has 1 unspecified atom stereocenters. The predicted molar refractivity (Wildman–Crippen MR) is 78.0 cm³/mol. The van der Waals surface area contributed by atoms with Crippen molar-refractivity contribution >= 4 is 23.2 Å². The van der Waals surface area contributed by atoms with E-state index in [1.165, 1.54) is 12.8 Å². The number of benzene rings is 1. The number of rotatable bonds is 7. The van der Waals surface area contributed by atoms with E-state index in [1.54, 1.807) is 12.1 Å². The second-order valence-electron chi connectivity index (χ2n) is 4.68. The van der Waals surface area contributed by atoms with Crippen molar-refractivity contribution in [1.29, 1.82) is 0 Å². The van der Waals surface area contributed by atoms with Crippen LogP contribution in [0.4, 0.5) is 5.69 Å². The van der Waals surface area contributed by atoms with Crippen LogP contribution in [0.1, 0.15) is 46.0 Å². The fourth-order valence-electron chi connectivity index (χ4n) is 1.95. The van der Waals surface area contributed by atoms with Gasteiger partial charge in [-0.25, -0.2) is 0 Å². The Morgan fingerprint density at radius 1 is 1.28 bits per heavy atom. The summed E-state index contributed by atoms with van der Waals surface area (Å²) in [5.41, 5.74) is 0.815. The Balaban J connectivity index is 2.42. The van der Waals surface area contributed by atoms with Crippen LogP contribution in [0.5, 0.6) is 0 Å². The van der Waals surface area contributed by atoms with Crippen molar-refractivity contribution in [2.75, 3.05) is 5.32 Å². The third-order valence-corrected chi connectivity index (χ3v) is 3.40. The van der Waals surface area contributed by atoms with Crippen LogP contribution in [-0.2, 0) is 4.79 Å². The molecule has 0 aromatic heterocycles. The largest absolute Gasteiger partial charge is 0.326 e. The number of hydrogen-bond donors (Lipinski definition) is 1. The number of amides is 1. The minimum atomic E-state index is 0.0975. The summed E-state index contributed by atoms with van der Waals surface area (Å²) in [5.74, 6) is 0.595. The monoisotopic (exact) mass is 267 g/mol. The maximum absolute atomic E-state index is 11.9. The van der Waals surface area contributed by atoms with E-state index < -0.39 is 0 Å². The molecule has 1 rings (SSSR count). The molecule has 0 fully saturated rings. The molecule has 0 aliphatic carbocycles. The number of nitrogens with one attached hydrogen (secondary N) is 1. The molecule has 100 valence electrons. The normalized spacial score (nSPS) is 12.2. The van der Waals surface area contributed by atoms with Gasteiger partial charge in [0.05, 0.1) is 0 Å². The molecule has 0 aliphatic heterocycles. The van der Waals surface area contributed by atoms with Gasteiger partial charge < -0.3 is 5.32 Å². The molecule has 1 amide bonds. The molecular formula is C15H22ClNO. The second kappa shape index (κ2) is 8.15. The van der Waals surface area contributed by atoms with Crippen molar-refractivity contribution in [3.05, 3.63) is 29.3 Å². The first-order valence-corrected chi connectivity index (χ1v) is 7.08. The lowest BCUT2D eigenvalue weighted by atomic mass is 9.95. The van der Waals surface area contributed by atoms with Crippen LogP contribution in [0.25, 0.3) is 0 Å². The Morgan fingerprint density at radius 2 is 1.94 bits per heavy atom. The minimum absolute atomic E-state index is 0.0975. The number of hydrogen-bond acceptors (Lipinski definition) is 1. The van der Waals surface area contributed by atoms with Gasteiger partial charge in [-0.15, -0.1) is 0 Å². The van der Waals surface area contributed by atoms with Gasteiger partial charge in [-0.3, -0.25) is 4.79 Å². The zero-order valence-corrected chi connectivity index (χ0v) is 12.0. The molecule has 0 aliphatic rings. The van der Waals surface area contributed by atoms with E-state index in [4.69, 9.17) is 11.6 Å². The maximum atomic E-state index is 11.9. The van der Waals surface area contributed by atoms with E-state index >= 15 is 0 Å². The van der Waals surface area contributed by atoms with Crippen molar-refractivity contribution in [2.45, 2.75) is 46.0 Å². The van der Waals surface area contributed by atoms with Crippen LogP contribution in [0.15, 0.2) is 24.3 Å². The summed E-state index contributed by atoms with van der Waals surface area (Å²) in [6.07, 6.45) is 5.20. The van der Waals surface area contributed by atoms with Crippen molar-refractivity contribution in [3.8, 4) is 0 Å². The molecule has 18 heavy (non-hydrogen) atoms. The van der Waals surface area contributed by atoms with Gasteiger partial charge >= 0.3 is 0 Å². The van der Waals surface area contributed by atoms with Crippen LogP contribution in [0, 0.1) is 5.92 Å². The molecule has 0 saturated heterocycles. The lowest BCUT2D eigenvalue weighted by Crippen LogP contribution is -2.16. The molecule has 0 heterocycles. The highest BCUT2D eigenvalue weighted by atomic mass is 35.5. The van der Waals surface area contributed by atoms with E-state index in [-0.39, 0.29) is 5.91 Å². The van der Waals surface area contributed by atoms with Crippen molar-refractivity contribution in [1.82, 2.24) is 0 Å². The molecule has 1 aromatic rings. The fourth-order valence-corrected chi connectivity index (χ4v) is 2.08. The predicted octanol–water partition coefficient (Wildman–Crippen LogP) is 4.89. The quantitative estimate of drug-likeness (QED) is 0.749. The van der Waals surface area contributed by atoms with Crippen molar-refractivity contribution in [3.63, 3.8) is 0 Å². The van der Waals surface area contributed by atoms with E-state index in [9.17, 15) is 4.79 Å². The van der Waals surface area contributed by atoms with Crippen LogP contribution >= 0.6 is 11.6 Å². The fraction of sp³-hybridized carbons (Fsp3) is 0.533. The van der Waals surface area contributed by atoms with E-state index in [0.29, 0.717) is 17.4 Å². The molecule has 1 atom stereocenters. The standard InChI is InChI=1S/C15H22ClNO/c1-3-5-6-12(4-2)11-15(18)17-14-9-7-13(16)8-10-14/h7-10,12H,3-6,11H2,1-2H3,(H,17,18). The summed E-state index contributed by atoms with van der Waals surface area (Å²) >= 11 is 5.80. The Morgan fingerprint density at radius 3 is 2.50 bits per heavy atom. The molecule has 1 aromatic carbocycles. The maximum Gasteiger partial charge on any atom is 0.224 e. The summed E-state index contributed by atoms with van der Waals surface area (Å²) in [4.78, 5) is 11.9. The average Bonchev–Trinajstić information content (AvgIpc) is 2.37. The Hall–Kier alpha value is -1.02. The molecule has 1 N–H and O–H groups in total. The minimum Gasteiger partial charge on any atom is -0.326 e. The average molecular weight is 268 g/mol. The van der Waals surface area contributed by atoms with Gasteiger partial charge in [-0.2, -0.15) is 0 Å². The summed E-state index contributed by atoms with van der Waals surface area (Å²) in [7, 11) is 0. The summed E-state index contributed by atoms with van der Waals surface area (Å²) in [6.45, 7) is 4.33. The summed E-state index contributed by atoms with van der Waals surface area (Å²) in [5, 5.41) is 3.60. The molecule has 0 bridgehead atoms. The van der Waals surface area contributed by atoms with Gasteiger partial charge in [0.25, 0.3) is 0 Å². The number of carbonyl (C=O) groups is 1. The van der Waals surface area contributed by atoms with Gasteiger partial charge in [-0.1, -0.05) is 44.7 Å². The Bertz CT molecular complexity index is 361. The zero-order valence-electron chi connectivity index (χ0n) is 11.2. The SMILES string of the molecule is CCCCC(CC)CC(=O)Nc1ccc(Cl)cc1. The highest BCUT2D eigenvalue weighted by Crippen LogP contribution is 2.18. The summed E-state index contributed by atoms with van der Waals surface area (Å²) in [6, 6.07) is 7.22. The van der Waals surface area contributed by atoms with Gasteiger partial charge in [0.15, 0.2) is 0 Å². The zero-order chi connectivity index (χ0) is 13.4. The molecule has 0 radical (unpaired) electrons. The first kappa shape index (κ1) is 15.0. The molecule has 0 spiro atoms. The van der Waals surface area contributed by atoms with Gasteiger partial charge in [-0.05, 0) is 36.6 Å². The lowest BCUT2D eigenvalue weighted by molar-refractivity contribution is -0.117. The van der Waals surface area contributed by atoms with E-state index in [0.717, 1.165) is 18.5 Å². The highest BCUT2D eigenvalue weighted by molar-refractivity contribution is 6.30. The van der Waals surface area contributed by atoms with Crippen LogP contribution in [0.3, 0.4) is 0 Å². The smallest absolute Gasteiger partial charge is 0.224 e. The lowest BCUT2D eigenvalue weighted by Gasteiger charge is -2.14. The van der Waals surface area contributed by atoms with Crippen molar-refractivity contribution < 1.29 is 4.79 Å². The number of halogens is 1. The highest BCUT2D eigenvalue weighted by Gasteiger charge is 2.11. The third kappa shape index (κ3) is 5.54. The van der Waals surface area contributed by atoms with Crippen LogP contribution in [-0.4, -0.2) is 5.91 Å². The van der Waals surface area contributed by atoms with Crippen LogP contribution < -0.4 is 5.32 Å². The van der Waals surface area contributed by atoms with Gasteiger partial charge in [0, 0.05) is 17.1 Å². The Labute approximate surface area is 115 Å². The molecule has 2 nitrogen and oxygen atoms in total. The Kier molecular flexibility index (Phi) is 6.81. The van der Waals surface area contributed by atoms with Gasteiger partial charge in [0.1, 0.15) is 0 Å². The first-order chi connectivity index (χ1) is 8.65. The molecule has 0 saturated carbocycles. The van der Waals surface area contributed by atoms with Crippen LogP contribution in [0.2, 0.25) is 5.02 Å². The van der Waals surface area contributed by atoms with E-state index in [1.807, 2.05) is 12.1 Å². The van der Waals surface area contributed by atoms with Crippen molar-refractivity contribution in [2.24, 2.45) is 5.92 Å². The van der Waals surface area contributed by atoms with E-state index in [2.05, 4.69) is 19.2 Å². The topological polar surface area (TPSA) is 29.1 Å². The molecule has 3 heteroatoms.